The van der Waals surface area contributed by atoms with Gasteiger partial charge in [-0.05, 0) is 30.1 Å². The highest BCUT2D eigenvalue weighted by Gasteiger charge is 2.09. The summed E-state index contributed by atoms with van der Waals surface area (Å²) in [5.74, 6) is -0.897. The Kier molecular flexibility index (Phi) is 5.72. The van der Waals surface area contributed by atoms with Crippen molar-refractivity contribution in [3.63, 3.8) is 0 Å². The zero-order valence-electron chi connectivity index (χ0n) is 11.3. The van der Waals surface area contributed by atoms with Crippen molar-refractivity contribution in [2.45, 2.75) is 6.54 Å². The van der Waals surface area contributed by atoms with Gasteiger partial charge in [-0.2, -0.15) is 0 Å². The Morgan fingerprint density at radius 1 is 1.37 bits per heavy atom. The lowest BCUT2D eigenvalue weighted by molar-refractivity contribution is -0.131. The molecule has 0 bridgehead atoms. The van der Waals surface area contributed by atoms with Crippen LogP contribution in [0, 0.1) is 0 Å². The van der Waals surface area contributed by atoms with Gasteiger partial charge in [-0.3, -0.25) is 9.69 Å². The fourth-order valence-electron chi connectivity index (χ4n) is 1.43. The molecular weight excluding hydrogens is 264 g/mol. The predicted octanol–water partition coefficient (Wildman–Crippen LogP) is 1.37. The number of hydrogen-bond acceptors (Lipinski definition) is 4. The van der Waals surface area contributed by atoms with Gasteiger partial charge in [0.2, 0.25) is 5.91 Å². The zero-order chi connectivity index (χ0) is 14.4. The van der Waals surface area contributed by atoms with Gasteiger partial charge in [0, 0.05) is 31.6 Å². The number of likely N-dealkylation sites (N-methyl/N-ethyl adjacent to an activating group) is 2. The summed E-state index contributed by atoms with van der Waals surface area (Å²) in [6, 6.07) is 1.93. The van der Waals surface area contributed by atoms with Gasteiger partial charge in [0.1, 0.15) is 0 Å². The van der Waals surface area contributed by atoms with Crippen LogP contribution < -0.4 is 0 Å². The molecule has 0 radical (unpaired) electrons. The lowest BCUT2D eigenvalue weighted by atomic mass is 10.3. The molecule has 19 heavy (non-hydrogen) atoms. The van der Waals surface area contributed by atoms with Gasteiger partial charge in [0.25, 0.3) is 0 Å². The molecular formula is C13H18N2O3S. The number of carbonyl (C=O) groups is 2. The Bertz CT molecular complexity index is 480. The first-order valence-corrected chi connectivity index (χ1v) is 6.63. The number of rotatable bonds is 6. The summed E-state index contributed by atoms with van der Waals surface area (Å²) in [5, 5.41) is 10.4. The third-order valence-electron chi connectivity index (χ3n) is 2.42. The van der Waals surface area contributed by atoms with Crippen molar-refractivity contribution in [3.8, 4) is 0 Å². The van der Waals surface area contributed by atoms with E-state index in [9.17, 15) is 9.59 Å². The zero-order valence-corrected chi connectivity index (χ0v) is 12.1. The summed E-state index contributed by atoms with van der Waals surface area (Å²) in [6.45, 7) is 1.04. The van der Waals surface area contributed by atoms with Crippen molar-refractivity contribution in [1.29, 1.82) is 0 Å². The minimum atomic E-state index is -0.957. The van der Waals surface area contributed by atoms with Crippen molar-refractivity contribution in [2.24, 2.45) is 0 Å². The van der Waals surface area contributed by atoms with E-state index in [1.165, 1.54) is 0 Å². The van der Waals surface area contributed by atoms with Crippen LogP contribution in [0.3, 0.4) is 0 Å². The number of thiophene rings is 1. The topological polar surface area (TPSA) is 60.9 Å². The molecule has 0 saturated carbocycles. The highest BCUT2D eigenvalue weighted by atomic mass is 32.1. The molecule has 0 unspecified atom stereocenters. The fraction of sp³-hybridized carbons (Fsp3) is 0.385. The van der Waals surface area contributed by atoms with Crippen LogP contribution in [-0.2, 0) is 16.1 Å². The minimum absolute atomic E-state index is 0.0602. The molecule has 1 N–H and O–H groups in total. The Balaban J connectivity index is 2.54. The van der Waals surface area contributed by atoms with Crippen molar-refractivity contribution >= 4 is 29.3 Å². The van der Waals surface area contributed by atoms with Crippen LogP contribution in [-0.4, -0.2) is 54.5 Å². The van der Waals surface area contributed by atoms with E-state index in [0.717, 1.165) is 16.5 Å². The maximum Gasteiger partial charge on any atom is 0.328 e. The molecule has 0 fully saturated rings. The molecule has 0 aliphatic carbocycles. The third-order valence-corrected chi connectivity index (χ3v) is 3.36. The molecule has 1 amide bonds. The predicted molar refractivity (Wildman–Crippen MR) is 76.0 cm³/mol. The van der Waals surface area contributed by atoms with E-state index in [1.807, 2.05) is 23.4 Å². The highest BCUT2D eigenvalue weighted by Crippen LogP contribution is 2.17. The van der Waals surface area contributed by atoms with E-state index in [4.69, 9.17) is 5.11 Å². The van der Waals surface area contributed by atoms with Gasteiger partial charge in [-0.25, -0.2) is 4.79 Å². The number of amides is 1. The molecule has 0 aromatic carbocycles. The van der Waals surface area contributed by atoms with E-state index >= 15 is 0 Å². The maximum atomic E-state index is 11.5. The second kappa shape index (κ2) is 7.06. The van der Waals surface area contributed by atoms with Gasteiger partial charge < -0.3 is 10.0 Å². The van der Waals surface area contributed by atoms with Crippen molar-refractivity contribution in [1.82, 2.24) is 9.80 Å². The second-order valence-electron chi connectivity index (χ2n) is 4.48. The van der Waals surface area contributed by atoms with Gasteiger partial charge >= 0.3 is 5.97 Å². The minimum Gasteiger partial charge on any atom is -0.478 e. The molecule has 6 heteroatoms. The summed E-state index contributed by atoms with van der Waals surface area (Å²) in [7, 11) is 5.35. The van der Waals surface area contributed by atoms with E-state index in [0.29, 0.717) is 13.1 Å². The Morgan fingerprint density at radius 3 is 2.63 bits per heavy atom. The molecule has 0 saturated heterocycles. The quantitative estimate of drug-likeness (QED) is 0.800. The van der Waals surface area contributed by atoms with Crippen LogP contribution in [0.15, 0.2) is 17.5 Å². The van der Waals surface area contributed by atoms with Gasteiger partial charge in [-0.1, -0.05) is 0 Å². The number of hydrogen-bond donors (Lipinski definition) is 1. The number of nitrogens with zero attached hydrogens (tertiary/aromatic N) is 2. The van der Waals surface area contributed by atoms with Crippen molar-refractivity contribution in [2.75, 3.05) is 27.7 Å². The first kappa shape index (κ1) is 15.4. The molecule has 0 spiro atoms. The van der Waals surface area contributed by atoms with Gasteiger partial charge in [0.15, 0.2) is 0 Å². The number of carbonyl (C=O) groups excluding carboxylic acids is 1. The fourth-order valence-corrected chi connectivity index (χ4v) is 2.36. The van der Waals surface area contributed by atoms with Crippen molar-refractivity contribution in [3.05, 3.63) is 28.0 Å². The maximum absolute atomic E-state index is 11.5. The monoisotopic (exact) mass is 282 g/mol. The molecule has 0 atom stereocenters. The Hall–Kier alpha value is -1.66. The molecule has 5 nitrogen and oxygen atoms in total. The highest BCUT2D eigenvalue weighted by molar-refractivity contribution is 7.10. The molecule has 1 heterocycles. The lowest BCUT2D eigenvalue weighted by Crippen LogP contribution is -2.33. The third kappa shape index (κ3) is 5.67. The standard InChI is InChI=1S/C13H18N2O3S/c1-14(2)12(16)8-15(3)7-11-6-10(9-19-11)4-5-13(17)18/h4-6,9H,7-8H2,1-3H3,(H,17,18). The summed E-state index contributed by atoms with van der Waals surface area (Å²) in [5.41, 5.74) is 0.870. The molecule has 1 aromatic heterocycles. The Labute approximate surface area is 116 Å². The van der Waals surface area contributed by atoms with Crippen LogP contribution in [0.25, 0.3) is 6.08 Å². The largest absolute Gasteiger partial charge is 0.478 e. The number of aliphatic carboxylic acids is 1. The molecule has 0 aliphatic heterocycles. The normalized spacial score (nSPS) is 11.2. The second-order valence-corrected chi connectivity index (χ2v) is 5.47. The van der Waals surface area contributed by atoms with Gasteiger partial charge in [-0.15, -0.1) is 11.3 Å². The average molecular weight is 282 g/mol. The SMILES string of the molecule is CN(CC(=O)N(C)C)Cc1cc(C=CC(=O)O)cs1. The van der Waals surface area contributed by atoms with E-state index in [2.05, 4.69) is 0 Å². The van der Waals surface area contributed by atoms with E-state index in [1.54, 1.807) is 36.4 Å². The average Bonchev–Trinajstić information content (AvgIpc) is 2.73. The van der Waals surface area contributed by atoms with E-state index in [-0.39, 0.29) is 5.91 Å². The number of carboxylic acid groups (broad SMARTS) is 1. The van der Waals surface area contributed by atoms with Crippen molar-refractivity contribution < 1.29 is 14.7 Å². The van der Waals surface area contributed by atoms with Crippen LogP contribution in [0.5, 0.6) is 0 Å². The van der Waals surface area contributed by atoms with Gasteiger partial charge in [0.05, 0.1) is 6.54 Å². The van der Waals surface area contributed by atoms with E-state index < -0.39 is 5.97 Å². The van der Waals surface area contributed by atoms with Crippen LogP contribution in [0.2, 0.25) is 0 Å². The summed E-state index contributed by atoms with van der Waals surface area (Å²) < 4.78 is 0. The summed E-state index contributed by atoms with van der Waals surface area (Å²) >= 11 is 1.55. The first-order valence-electron chi connectivity index (χ1n) is 5.75. The van der Waals surface area contributed by atoms with Crippen LogP contribution in [0.1, 0.15) is 10.4 Å². The number of carboxylic acids is 1. The molecule has 1 rings (SSSR count). The first-order chi connectivity index (χ1) is 8.88. The Morgan fingerprint density at radius 2 is 2.05 bits per heavy atom. The molecule has 104 valence electrons. The smallest absolute Gasteiger partial charge is 0.328 e. The summed E-state index contributed by atoms with van der Waals surface area (Å²) in [6.07, 6.45) is 2.68. The molecule has 0 aliphatic rings. The molecule has 1 aromatic rings. The summed E-state index contributed by atoms with van der Waals surface area (Å²) in [4.78, 5) is 26.5. The van der Waals surface area contributed by atoms with Crippen LogP contribution >= 0.6 is 11.3 Å². The van der Waals surface area contributed by atoms with Crippen LogP contribution in [0.4, 0.5) is 0 Å². The lowest BCUT2D eigenvalue weighted by Gasteiger charge is -2.17.